The maximum Gasteiger partial charge on any atom is 0.408 e. The highest BCUT2D eigenvalue weighted by Gasteiger charge is 2.25. The number of amides is 1. The highest BCUT2D eigenvalue weighted by molar-refractivity contribution is 9.10. The average Bonchev–Trinajstić information content (AvgIpc) is 2.56. The molecule has 150 valence electrons. The summed E-state index contributed by atoms with van der Waals surface area (Å²) in [5.41, 5.74) is 1.15. The van der Waals surface area contributed by atoms with E-state index in [0.29, 0.717) is 9.37 Å². The molecule has 1 atom stereocenters. The van der Waals surface area contributed by atoms with Crippen LogP contribution in [0.2, 0.25) is 0 Å². The minimum atomic E-state index is -1.25. The van der Waals surface area contributed by atoms with Crippen molar-refractivity contribution in [3.8, 4) is 0 Å². The SMILES string of the molecule is COC(=O)c1cc(N[O-])c(SC[C@H](NC(=O)OC(C)(C)C)C(=O)O)cc1Br. The molecule has 0 aliphatic rings. The van der Waals surface area contributed by atoms with E-state index in [0.717, 1.165) is 11.8 Å². The van der Waals surface area contributed by atoms with Crippen molar-refractivity contribution in [2.75, 3.05) is 18.3 Å². The Kier molecular flexibility index (Phi) is 8.38. The molecule has 0 bridgehead atoms. The Hall–Kier alpha value is -1.98. The third kappa shape index (κ3) is 7.27. The van der Waals surface area contributed by atoms with E-state index < -0.39 is 29.7 Å². The molecule has 11 heteroatoms. The normalized spacial score (nSPS) is 12.1. The van der Waals surface area contributed by atoms with E-state index in [-0.39, 0.29) is 17.0 Å². The number of carboxylic acid groups (broad SMARTS) is 1. The molecule has 0 saturated carbocycles. The van der Waals surface area contributed by atoms with Gasteiger partial charge in [0.2, 0.25) is 0 Å². The Morgan fingerprint density at radius 3 is 2.44 bits per heavy atom. The smallest absolute Gasteiger partial charge is 0.408 e. The summed E-state index contributed by atoms with van der Waals surface area (Å²) >= 11 is 4.23. The van der Waals surface area contributed by atoms with Gasteiger partial charge >= 0.3 is 18.0 Å². The van der Waals surface area contributed by atoms with E-state index in [9.17, 15) is 24.7 Å². The first-order valence-electron chi connectivity index (χ1n) is 7.63. The molecule has 1 aromatic rings. The van der Waals surface area contributed by atoms with Crippen LogP contribution in [0.5, 0.6) is 0 Å². The number of carbonyl (C=O) groups excluding carboxylic acids is 2. The zero-order valence-electron chi connectivity index (χ0n) is 15.1. The van der Waals surface area contributed by atoms with E-state index >= 15 is 0 Å². The number of hydrogen-bond acceptors (Lipinski definition) is 8. The first-order valence-corrected chi connectivity index (χ1v) is 9.41. The van der Waals surface area contributed by atoms with E-state index in [1.165, 1.54) is 19.2 Å². The van der Waals surface area contributed by atoms with Crippen molar-refractivity contribution in [1.82, 2.24) is 5.32 Å². The van der Waals surface area contributed by atoms with Gasteiger partial charge in [-0.15, -0.1) is 11.8 Å². The number of hydrogen-bond donors (Lipinski definition) is 3. The summed E-state index contributed by atoms with van der Waals surface area (Å²) in [5.74, 6) is -1.96. The second kappa shape index (κ2) is 9.81. The third-order valence-corrected chi connectivity index (χ3v) is 4.78. The molecule has 0 unspecified atom stereocenters. The lowest BCUT2D eigenvalue weighted by atomic mass is 10.2. The number of thioether (sulfide) groups is 1. The van der Waals surface area contributed by atoms with E-state index in [4.69, 9.17) is 4.74 Å². The van der Waals surface area contributed by atoms with Gasteiger partial charge in [0, 0.05) is 20.8 Å². The van der Waals surface area contributed by atoms with Crippen LogP contribution in [-0.2, 0) is 14.3 Å². The fourth-order valence-corrected chi connectivity index (χ4v) is 3.50. The first-order chi connectivity index (χ1) is 12.5. The van der Waals surface area contributed by atoms with Gasteiger partial charge in [-0.25, -0.2) is 14.4 Å². The molecule has 1 amide bonds. The number of nitrogens with one attached hydrogen (secondary N) is 2. The number of methoxy groups -OCH3 is 1. The molecule has 0 heterocycles. The Labute approximate surface area is 168 Å². The fourth-order valence-electron chi connectivity index (χ4n) is 1.82. The van der Waals surface area contributed by atoms with Gasteiger partial charge in [0.15, 0.2) is 0 Å². The number of carbonyl (C=O) groups is 3. The number of esters is 1. The fraction of sp³-hybridized carbons (Fsp3) is 0.438. The minimum Gasteiger partial charge on any atom is -0.761 e. The topological polar surface area (TPSA) is 137 Å². The van der Waals surface area contributed by atoms with E-state index in [2.05, 4.69) is 26.0 Å². The molecule has 0 saturated heterocycles. The molecule has 27 heavy (non-hydrogen) atoms. The van der Waals surface area contributed by atoms with Crippen LogP contribution in [0.25, 0.3) is 0 Å². The number of halogens is 1. The van der Waals surface area contributed by atoms with Gasteiger partial charge in [-0.05, 0) is 48.8 Å². The summed E-state index contributed by atoms with van der Waals surface area (Å²) in [7, 11) is 1.21. The summed E-state index contributed by atoms with van der Waals surface area (Å²) in [4.78, 5) is 35.2. The number of carboxylic acids is 1. The second-order valence-corrected chi connectivity index (χ2v) is 8.19. The summed E-state index contributed by atoms with van der Waals surface area (Å²) in [6.45, 7) is 4.97. The molecule has 1 rings (SSSR count). The molecule has 0 radical (unpaired) electrons. The third-order valence-electron chi connectivity index (χ3n) is 2.98. The van der Waals surface area contributed by atoms with Crippen LogP contribution in [0.3, 0.4) is 0 Å². The Morgan fingerprint density at radius 1 is 1.33 bits per heavy atom. The number of aliphatic carboxylic acids is 1. The Balaban J connectivity index is 2.92. The average molecular weight is 464 g/mol. The zero-order chi connectivity index (χ0) is 20.8. The maximum absolute atomic E-state index is 11.8. The monoisotopic (exact) mass is 463 g/mol. The van der Waals surface area contributed by atoms with Crippen LogP contribution < -0.4 is 10.8 Å². The van der Waals surface area contributed by atoms with Crippen LogP contribution in [0, 0.1) is 5.21 Å². The number of alkyl carbamates (subject to hydrolysis) is 1. The highest BCUT2D eigenvalue weighted by atomic mass is 79.9. The summed E-state index contributed by atoms with van der Waals surface area (Å²) in [5, 5.41) is 22.8. The summed E-state index contributed by atoms with van der Waals surface area (Å²) < 4.78 is 10.0. The predicted molar refractivity (Wildman–Crippen MR) is 104 cm³/mol. The van der Waals surface area contributed by atoms with Crippen molar-refractivity contribution in [3.63, 3.8) is 0 Å². The van der Waals surface area contributed by atoms with Crippen molar-refractivity contribution < 1.29 is 29.0 Å². The molecule has 1 aromatic carbocycles. The van der Waals surface area contributed by atoms with Crippen molar-refractivity contribution >= 4 is 51.4 Å². The van der Waals surface area contributed by atoms with E-state index in [1.54, 1.807) is 26.3 Å². The van der Waals surface area contributed by atoms with Crippen molar-refractivity contribution in [3.05, 3.63) is 27.4 Å². The Bertz CT molecular complexity index is 721. The molecule has 0 aliphatic heterocycles. The van der Waals surface area contributed by atoms with Crippen LogP contribution in [0.1, 0.15) is 31.1 Å². The van der Waals surface area contributed by atoms with Gasteiger partial charge in [-0.1, -0.05) is 0 Å². The summed E-state index contributed by atoms with van der Waals surface area (Å²) in [6, 6.07) is 1.54. The highest BCUT2D eigenvalue weighted by Crippen LogP contribution is 2.33. The number of ether oxygens (including phenoxy) is 2. The summed E-state index contributed by atoms with van der Waals surface area (Å²) in [6.07, 6.45) is -0.861. The number of rotatable bonds is 7. The minimum absolute atomic E-state index is 0.0741. The molecule has 9 nitrogen and oxygen atoms in total. The molecule has 0 aliphatic carbocycles. The molecule has 0 spiro atoms. The zero-order valence-corrected chi connectivity index (χ0v) is 17.5. The van der Waals surface area contributed by atoms with Gasteiger partial charge in [0.05, 0.1) is 12.7 Å². The lowest BCUT2D eigenvalue weighted by Gasteiger charge is -2.22. The van der Waals surface area contributed by atoms with E-state index in [1.807, 2.05) is 0 Å². The standard InChI is InChI=1S/C16H20BrN2O7S/c1-16(2,3)26-15(23)18-11(13(20)21)7-27-12-6-9(17)8(14(22)25-4)5-10(12)19-24/h5-6,11,19H,7H2,1-4H3,(H,18,23)(H,20,21)/q-1/t11-/m0/s1. The molecular formula is C16H20BrN2O7S-. The van der Waals surface area contributed by atoms with Crippen LogP contribution in [0.15, 0.2) is 21.5 Å². The van der Waals surface area contributed by atoms with Crippen molar-refractivity contribution in [1.29, 1.82) is 0 Å². The first kappa shape index (κ1) is 23.1. The predicted octanol–water partition coefficient (Wildman–Crippen LogP) is 3.22. The maximum atomic E-state index is 11.8. The largest absolute Gasteiger partial charge is 0.761 e. The molecule has 3 N–H and O–H groups in total. The van der Waals surface area contributed by atoms with Crippen LogP contribution in [0.4, 0.5) is 10.5 Å². The van der Waals surface area contributed by atoms with Crippen molar-refractivity contribution in [2.24, 2.45) is 0 Å². The van der Waals surface area contributed by atoms with Gasteiger partial charge < -0.3 is 30.6 Å². The Morgan fingerprint density at radius 2 is 1.96 bits per heavy atom. The lowest BCUT2D eigenvalue weighted by molar-refractivity contribution is -0.138. The molecule has 0 aromatic heterocycles. The molecule has 0 fully saturated rings. The van der Waals surface area contributed by atoms with Gasteiger partial charge in [-0.3, -0.25) is 0 Å². The number of anilines is 1. The van der Waals surface area contributed by atoms with Crippen molar-refractivity contribution in [2.45, 2.75) is 37.3 Å². The number of benzene rings is 1. The van der Waals surface area contributed by atoms with Gasteiger partial charge in [-0.2, -0.15) is 0 Å². The van der Waals surface area contributed by atoms with Gasteiger partial charge in [0.25, 0.3) is 0 Å². The quantitative estimate of drug-likeness (QED) is 0.316. The van der Waals surface area contributed by atoms with Gasteiger partial charge in [0.1, 0.15) is 11.6 Å². The second-order valence-electron chi connectivity index (χ2n) is 6.27. The van der Waals surface area contributed by atoms with Crippen LogP contribution in [-0.4, -0.2) is 47.6 Å². The van der Waals surface area contributed by atoms with Crippen LogP contribution >= 0.6 is 27.7 Å². The lowest BCUT2D eigenvalue weighted by Crippen LogP contribution is -2.44. The molecular weight excluding hydrogens is 444 g/mol.